The molecule has 4 nitrogen and oxygen atoms in total. The first-order chi connectivity index (χ1) is 12.7. The molecule has 0 heterocycles. The van der Waals surface area contributed by atoms with Gasteiger partial charge in [-0.25, -0.2) is 4.79 Å². The SMILES string of the molecule is CN(C)C1(c2ccccc2)CCC(CCCNC(=O)NCC(F)(F)F)CC1. The van der Waals surface area contributed by atoms with E-state index in [1.54, 1.807) is 0 Å². The predicted molar refractivity (Wildman–Crippen MR) is 100 cm³/mol. The molecule has 2 amide bonds. The van der Waals surface area contributed by atoms with Crippen LogP contribution in [0.2, 0.25) is 0 Å². The second kappa shape index (κ2) is 9.44. The standard InChI is InChI=1S/C20H30F3N3O/c1-26(2)19(17-8-4-3-5-9-17)12-10-16(11-13-19)7-6-14-24-18(27)25-15-20(21,22)23/h3-5,8-9,16H,6-7,10-15H2,1-2H3,(H2,24,25,27). The summed E-state index contributed by atoms with van der Waals surface area (Å²) < 4.78 is 36.1. The molecule has 1 saturated carbocycles. The lowest BCUT2D eigenvalue weighted by Crippen LogP contribution is -2.44. The Morgan fingerprint density at radius 3 is 2.33 bits per heavy atom. The highest BCUT2D eigenvalue weighted by Gasteiger charge is 2.38. The van der Waals surface area contributed by atoms with Crippen molar-refractivity contribution in [1.29, 1.82) is 0 Å². The van der Waals surface area contributed by atoms with Crippen molar-refractivity contribution in [3.05, 3.63) is 35.9 Å². The van der Waals surface area contributed by atoms with Crippen LogP contribution >= 0.6 is 0 Å². The van der Waals surface area contributed by atoms with Crippen LogP contribution in [-0.2, 0) is 5.54 Å². The third-order valence-corrected chi connectivity index (χ3v) is 5.62. The zero-order chi connectivity index (χ0) is 19.9. The van der Waals surface area contributed by atoms with Crippen molar-refractivity contribution in [1.82, 2.24) is 15.5 Å². The Bertz CT molecular complexity index is 582. The summed E-state index contributed by atoms with van der Waals surface area (Å²) in [6.45, 7) is -0.898. The predicted octanol–water partition coefficient (Wildman–Crippen LogP) is 4.28. The van der Waals surface area contributed by atoms with Crippen molar-refractivity contribution in [2.24, 2.45) is 5.92 Å². The molecule has 152 valence electrons. The van der Waals surface area contributed by atoms with Gasteiger partial charge in [0.05, 0.1) is 0 Å². The number of amides is 2. The Kier molecular flexibility index (Phi) is 7.53. The van der Waals surface area contributed by atoms with E-state index in [0.29, 0.717) is 12.5 Å². The van der Waals surface area contributed by atoms with Gasteiger partial charge in [-0.3, -0.25) is 4.90 Å². The second-order valence-electron chi connectivity index (χ2n) is 7.60. The minimum Gasteiger partial charge on any atom is -0.338 e. The lowest BCUT2D eigenvalue weighted by molar-refractivity contribution is -0.122. The molecule has 0 saturated heterocycles. The number of halogens is 3. The number of carbonyl (C=O) groups excluding carboxylic acids is 1. The van der Waals surface area contributed by atoms with Crippen LogP contribution in [0.3, 0.4) is 0 Å². The molecule has 1 aliphatic rings. The maximum Gasteiger partial charge on any atom is 0.405 e. The number of nitrogens with zero attached hydrogens (tertiary/aromatic N) is 1. The Hall–Kier alpha value is -1.76. The van der Waals surface area contributed by atoms with E-state index in [2.05, 4.69) is 48.6 Å². The largest absolute Gasteiger partial charge is 0.405 e. The van der Waals surface area contributed by atoms with Gasteiger partial charge in [0, 0.05) is 12.1 Å². The maximum absolute atomic E-state index is 12.0. The fourth-order valence-corrected chi connectivity index (χ4v) is 4.02. The molecule has 0 aliphatic heterocycles. The normalized spacial score (nSPS) is 23.3. The summed E-state index contributed by atoms with van der Waals surface area (Å²) in [7, 11) is 4.27. The number of nitrogens with one attached hydrogen (secondary N) is 2. The van der Waals surface area contributed by atoms with Crippen LogP contribution < -0.4 is 10.6 Å². The Balaban J connectivity index is 1.72. The molecular formula is C20H30F3N3O. The van der Waals surface area contributed by atoms with Crippen molar-refractivity contribution in [2.75, 3.05) is 27.2 Å². The molecule has 1 aromatic rings. The van der Waals surface area contributed by atoms with Crippen LogP contribution in [-0.4, -0.2) is 44.3 Å². The van der Waals surface area contributed by atoms with Crippen molar-refractivity contribution < 1.29 is 18.0 Å². The summed E-state index contributed by atoms with van der Waals surface area (Å²) in [4.78, 5) is 13.7. The average Bonchev–Trinajstić information content (AvgIpc) is 2.64. The number of alkyl halides is 3. The molecule has 7 heteroatoms. The monoisotopic (exact) mass is 385 g/mol. The lowest BCUT2D eigenvalue weighted by atomic mass is 9.71. The van der Waals surface area contributed by atoms with Crippen molar-refractivity contribution >= 4 is 6.03 Å². The number of rotatable bonds is 7. The average molecular weight is 385 g/mol. The van der Waals surface area contributed by atoms with Crippen LogP contribution in [0.4, 0.5) is 18.0 Å². The topological polar surface area (TPSA) is 44.4 Å². The third kappa shape index (κ3) is 6.41. The first-order valence-corrected chi connectivity index (χ1v) is 9.54. The lowest BCUT2D eigenvalue weighted by Gasteiger charge is -2.45. The van der Waals surface area contributed by atoms with E-state index in [1.807, 2.05) is 11.4 Å². The summed E-state index contributed by atoms with van der Waals surface area (Å²) >= 11 is 0. The molecule has 0 spiro atoms. The van der Waals surface area contributed by atoms with E-state index in [0.717, 1.165) is 38.5 Å². The van der Waals surface area contributed by atoms with Crippen LogP contribution in [0.25, 0.3) is 0 Å². The van der Waals surface area contributed by atoms with Gasteiger partial charge in [0.1, 0.15) is 6.54 Å². The number of carbonyl (C=O) groups is 1. The van der Waals surface area contributed by atoms with Crippen LogP contribution in [0, 0.1) is 5.92 Å². The molecule has 0 unspecified atom stereocenters. The summed E-state index contributed by atoms with van der Waals surface area (Å²) in [5, 5.41) is 4.32. The third-order valence-electron chi connectivity index (χ3n) is 5.62. The van der Waals surface area contributed by atoms with Gasteiger partial charge in [0.25, 0.3) is 0 Å². The van der Waals surface area contributed by atoms with E-state index in [9.17, 15) is 18.0 Å². The van der Waals surface area contributed by atoms with E-state index in [1.165, 1.54) is 5.56 Å². The van der Waals surface area contributed by atoms with Crippen LogP contribution in [0.5, 0.6) is 0 Å². The molecule has 0 atom stereocenters. The van der Waals surface area contributed by atoms with E-state index < -0.39 is 18.8 Å². The van der Waals surface area contributed by atoms with Gasteiger partial charge < -0.3 is 10.6 Å². The fraction of sp³-hybridized carbons (Fsp3) is 0.650. The zero-order valence-electron chi connectivity index (χ0n) is 16.1. The van der Waals surface area contributed by atoms with Gasteiger partial charge in [-0.2, -0.15) is 13.2 Å². The highest BCUT2D eigenvalue weighted by Crippen LogP contribution is 2.43. The Labute approximate surface area is 159 Å². The molecule has 27 heavy (non-hydrogen) atoms. The summed E-state index contributed by atoms with van der Waals surface area (Å²) in [6.07, 6.45) is 1.81. The van der Waals surface area contributed by atoms with Crippen LogP contribution in [0.1, 0.15) is 44.1 Å². The first-order valence-electron chi connectivity index (χ1n) is 9.54. The fourth-order valence-electron chi connectivity index (χ4n) is 4.02. The van der Waals surface area contributed by atoms with E-state index >= 15 is 0 Å². The van der Waals surface area contributed by atoms with Gasteiger partial charge in [0.2, 0.25) is 0 Å². The van der Waals surface area contributed by atoms with E-state index in [-0.39, 0.29) is 5.54 Å². The van der Waals surface area contributed by atoms with Gasteiger partial charge in [-0.15, -0.1) is 0 Å². The molecule has 1 aliphatic carbocycles. The number of benzene rings is 1. The Morgan fingerprint density at radius 2 is 1.78 bits per heavy atom. The van der Waals surface area contributed by atoms with Crippen molar-refractivity contribution in [2.45, 2.75) is 50.2 Å². The number of urea groups is 1. The van der Waals surface area contributed by atoms with Gasteiger partial charge in [-0.05, 0) is 64.1 Å². The first kappa shape index (κ1) is 21.5. The van der Waals surface area contributed by atoms with Gasteiger partial charge in [-0.1, -0.05) is 30.3 Å². The maximum atomic E-state index is 12.0. The highest BCUT2D eigenvalue weighted by atomic mass is 19.4. The zero-order valence-corrected chi connectivity index (χ0v) is 16.1. The molecule has 0 aromatic heterocycles. The quantitative estimate of drug-likeness (QED) is 0.689. The molecule has 0 bridgehead atoms. The Morgan fingerprint density at radius 1 is 1.15 bits per heavy atom. The van der Waals surface area contributed by atoms with Crippen LogP contribution in [0.15, 0.2) is 30.3 Å². The molecule has 2 rings (SSSR count). The smallest absolute Gasteiger partial charge is 0.338 e. The molecular weight excluding hydrogens is 355 g/mol. The second-order valence-corrected chi connectivity index (χ2v) is 7.60. The van der Waals surface area contributed by atoms with Crippen molar-refractivity contribution in [3.63, 3.8) is 0 Å². The summed E-state index contributed by atoms with van der Waals surface area (Å²) in [6, 6.07) is 9.85. The highest BCUT2D eigenvalue weighted by molar-refractivity contribution is 5.73. The minimum absolute atomic E-state index is 0.0769. The van der Waals surface area contributed by atoms with E-state index in [4.69, 9.17) is 0 Å². The summed E-state index contributed by atoms with van der Waals surface area (Å²) in [5.74, 6) is 0.599. The minimum atomic E-state index is -4.38. The number of hydrogen-bond acceptors (Lipinski definition) is 2. The molecule has 2 N–H and O–H groups in total. The molecule has 1 aromatic carbocycles. The number of hydrogen-bond donors (Lipinski definition) is 2. The summed E-state index contributed by atoms with van der Waals surface area (Å²) in [5.41, 5.74) is 1.43. The molecule has 0 radical (unpaired) electrons. The van der Waals surface area contributed by atoms with Gasteiger partial charge >= 0.3 is 12.2 Å². The van der Waals surface area contributed by atoms with Gasteiger partial charge in [0.15, 0.2) is 0 Å². The molecule has 1 fully saturated rings. The van der Waals surface area contributed by atoms with Crippen molar-refractivity contribution in [3.8, 4) is 0 Å².